The van der Waals surface area contributed by atoms with Crippen molar-refractivity contribution in [2.75, 3.05) is 26.2 Å². The van der Waals surface area contributed by atoms with Crippen molar-refractivity contribution in [3.8, 4) is 11.3 Å². The van der Waals surface area contributed by atoms with Crippen LogP contribution in [0.2, 0.25) is 5.02 Å². The van der Waals surface area contributed by atoms with Crippen molar-refractivity contribution in [3.63, 3.8) is 0 Å². The summed E-state index contributed by atoms with van der Waals surface area (Å²) in [6, 6.07) is 11.8. The lowest BCUT2D eigenvalue weighted by atomic mass is 10.2. The van der Waals surface area contributed by atoms with Gasteiger partial charge < -0.3 is 14.6 Å². The molecule has 0 fully saturated rings. The number of halogens is 1. The molecule has 0 saturated heterocycles. The Labute approximate surface area is 163 Å². The summed E-state index contributed by atoms with van der Waals surface area (Å²) in [5.74, 6) is 1.87. The van der Waals surface area contributed by atoms with Crippen LogP contribution in [0.1, 0.15) is 51.7 Å². The maximum Gasteiger partial charge on any atom is 0.134 e. The van der Waals surface area contributed by atoms with E-state index in [0.29, 0.717) is 0 Å². The summed E-state index contributed by atoms with van der Waals surface area (Å²) < 4.78 is 5.93. The van der Waals surface area contributed by atoms with E-state index in [9.17, 15) is 0 Å². The Bertz CT molecular complexity index is 601. The third-order valence-corrected chi connectivity index (χ3v) is 4.83. The van der Waals surface area contributed by atoms with Gasteiger partial charge in [-0.3, -0.25) is 0 Å². The van der Waals surface area contributed by atoms with Crippen LogP contribution in [0.5, 0.6) is 0 Å². The molecule has 0 saturated carbocycles. The van der Waals surface area contributed by atoms with Gasteiger partial charge in [0, 0.05) is 10.6 Å². The van der Waals surface area contributed by atoms with Crippen LogP contribution in [-0.4, -0.2) is 31.1 Å². The molecule has 0 atom stereocenters. The van der Waals surface area contributed by atoms with Gasteiger partial charge in [-0.2, -0.15) is 0 Å². The molecule has 1 aromatic carbocycles. The molecule has 144 valence electrons. The first-order chi connectivity index (χ1) is 12.7. The molecule has 1 aromatic heterocycles. The first-order valence-electron chi connectivity index (χ1n) is 10.0. The maximum absolute atomic E-state index is 5.94. The fourth-order valence-electron chi connectivity index (χ4n) is 2.98. The first-order valence-corrected chi connectivity index (χ1v) is 10.4. The topological polar surface area (TPSA) is 28.4 Å². The van der Waals surface area contributed by atoms with E-state index in [1.165, 1.54) is 51.7 Å². The predicted octanol–water partition coefficient (Wildman–Crippen LogP) is 5.98. The molecule has 0 unspecified atom stereocenters. The minimum absolute atomic E-state index is 0.745. The molecule has 4 heteroatoms. The van der Waals surface area contributed by atoms with Crippen molar-refractivity contribution in [1.29, 1.82) is 0 Å². The van der Waals surface area contributed by atoms with Crippen LogP contribution < -0.4 is 5.32 Å². The molecule has 2 rings (SSSR count). The van der Waals surface area contributed by atoms with Gasteiger partial charge in [-0.15, -0.1) is 0 Å². The van der Waals surface area contributed by atoms with E-state index in [1.54, 1.807) is 0 Å². The molecule has 0 aliphatic heterocycles. The summed E-state index contributed by atoms with van der Waals surface area (Å²) in [4.78, 5) is 2.61. The summed E-state index contributed by atoms with van der Waals surface area (Å²) in [5, 5.41) is 4.25. The fourth-order valence-corrected chi connectivity index (χ4v) is 3.11. The third-order valence-electron chi connectivity index (χ3n) is 4.57. The molecule has 0 spiro atoms. The van der Waals surface area contributed by atoms with E-state index >= 15 is 0 Å². The first kappa shape index (κ1) is 21.0. The lowest BCUT2D eigenvalue weighted by Gasteiger charge is -2.21. The fraction of sp³-hybridized carbons (Fsp3) is 0.545. The normalized spacial score (nSPS) is 11.4. The average Bonchev–Trinajstić information content (AvgIpc) is 3.12. The molecule has 26 heavy (non-hydrogen) atoms. The highest BCUT2D eigenvalue weighted by atomic mass is 35.5. The van der Waals surface area contributed by atoms with Gasteiger partial charge in [0.2, 0.25) is 0 Å². The third kappa shape index (κ3) is 7.53. The highest BCUT2D eigenvalue weighted by Crippen LogP contribution is 2.23. The van der Waals surface area contributed by atoms with Gasteiger partial charge in [-0.1, -0.05) is 38.3 Å². The second kappa shape index (κ2) is 12.2. The van der Waals surface area contributed by atoms with Crippen molar-refractivity contribution in [3.05, 3.63) is 47.2 Å². The highest BCUT2D eigenvalue weighted by molar-refractivity contribution is 6.30. The van der Waals surface area contributed by atoms with E-state index in [1.807, 2.05) is 36.4 Å². The summed E-state index contributed by atoms with van der Waals surface area (Å²) in [6.45, 7) is 9.98. The minimum Gasteiger partial charge on any atom is -0.460 e. The average molecular weight is 377 g/mol. The van der Waals surface area contributed by atoms with Crippen molar-refractivity contribution in [1.82, 2.24) is 10.2 Å². The molecule has 0 bridgehead atoms. The molecular formula is C22H33ClN2O. The van der Waals surface area contributed by atoms with E-state index in [4.69, 9.17) is 16.0 Å². The largest absolute Gasteiger partial charge is 0.460 e. The maximum atomic E-state index is 5.94. The van der Waals surface area contributed by atoms with Crippen LogP contribution in [0.3, 0.4) is 0 Å². The number of unbranched alkanes of at least 4 members (excludes halogenated alkanes) is 2. The van der Waals surface area contributed by atoms with Crippen LogP contribution in [0.4, 0.5) is 0 Å². The van der Waals surface area contributed by atoms with Crippen LogP contribution in [-0.2, 0) is 6.54 Å². The summed E-state index contributed by atoms with van der Waals surface area (Å²) in [5.41, 5.74) is 1.06. The minimum atomic E-state index is 0.745. The van der Waals surface area contributed by atoms with Gasteiger partial charge in [0.25, 0.3) is 0 Å². The standard InChI is InChI=1S/C22H33ClN2O/c1-3-5-15-25(16-6-4-2)17-7-14-24-18-21-12-13-22(26-21)19-8-10-20(23)11-9-19/h8-13,24H,3-7,14-18H2,1-2H3. The van der Waals surface area contributed by atoms with E-state index in [2.05, 4.69) is 24.1 Å². The number of benzene rings is 1. The number of nitrogens with one attached hydrogen (secondary N) is 1. The molecular weight excluding hydrogens is 344 g/mol. The van der Waals surface area contributed by atoms with Gasteiger partial charge in [0.1, 0.15) is 11.5 Å². The Kier molecular flexibility index (Phi) is 9.83. The Morgan fingerprint density at radius 1 is 0.885 bits per heavy atom. The monoisotopic (exact) mass is 376 g/mol. The molecule has 0 amide bonds. The van der Waals surface area contributed by atoms with Crippen molar-refractivity contribution < 1.29 is 4.42 Å². The number of hydrogen-bond acceptors (Lipinski definition) is 3. The zero-order valence-corrected chi connectivity index (χ0v) is 17.0. The summed E-state index contributed by atoms with van der Waals surface area (Å²) in [6.07, 6.45) is 6.33. The van der Waals surface area contributed by atoms with Crippen LogP contribution in [0.25, 0.3) is 11.3 Å². The van der Waals surface area contributed by atoms with Gasteiger partial charge in [0.15, 0.2) is 0 Å². The van der Waals surface area contributed by atoms with Gasteiger partial charge in [-0.25, -0.2) is 0 Å². The van der Waals surface area contributed by atoms with E-state index in [-0.39, 0.29) is 0 Å². The zero-order chi connectivity index (χ0) is 18.6. The van der Waals surface area contributed by atoms with E-state index < -0.39 is 0 Å². The predicted molar refractivity (Wildman–Crippen MR) is 112 cm³/mol. The Morgan fingerprint density at radius 2 is 1.54 bits per heavy atom. The van der Waals surface area contributed by atoms with Crippen LogP contribution >= 0.6 is 11.6 Å². The lowest BCUT2D eigenvalue weighted by Crippen LogP contribution is -2.29. The number of nitrogens with zero attached hydrogens (tertiary/aromatic N) is 1. The number of hydrogen-bond donors (Lipinski definition) is 1. The Hall–Kier alpha value is -1.29. The smallest absolute Gasteiger partial charge is 0.134 e. The Morgan fingerprint density at radius 3 is 2.19 bits per heavy atom. The van der Waals surface area contributed by atoms with Gasteiger partial charge in [0.05, 0.1) is 6.54 Å². The molecule has 2 aromatic rings. The molecule has 0 radical (unpaired) electrons. The SMILES string of the molecule is CCCCN(CCCC)CCCNCc1ccc(-c2ccc(Cl)cc2)o1. The molecule has 1 N–H and O–H groups in total. The van der Waals surface area contributed by atoms with Crippen LogP contribution in [0, 0.1) is 0 Å². The molecule has 1 heterocycles. The summed E-state index contributed by atoms with van der Waals surface area (Å²) in [7, 11) is 0. The molecule has 0 aliphatic carbocycles. The van der Waals surface area contributed by atoms with Crippen molar-refractivity contribution in [2.45, 2.75) is 52.5 Å². The second-order valence-corrected chi connectivity index (χ2v) is 7.29. The van der Waals surface area contributed by atoms with Crippen LogP contribution in [0.15, 0.2) is 40.8 Å². The Balaban J connectivity index is 1.68. The molecule has 3 nitrogen and oxygen atoms in total. The summed E-state index contributed by atoms with van der Waals surface area (Å²) >= 11 is 5.94. The van der Waals surface area contributed by atoms with Gasteiger partial charge in [-0.05, 0) is 81.8 Å². The van der Waals surface area contributed by atoms with Crippen molar-refractivity contribution in [2.24, 2.45) is 0 Å². The second-order valence-electron chi connectivity index (χ2n) is 6.85. The quantitative estimate of drug-likeness (QED) is 0.436. The van der Waals surface area contributed by atoms with Crippen molar-refractivity contribution >= 4 is 11.6 Å². The lowest BCUT2D eigenvalue weighted by molar-refractivity contribution is 0.260. The number of rotatable bonds is 13. The zero-order valence-electron chi connectivity index (χ0n) is 16.3. The van der Waals surface area contributed by atoms with E-state index in [0.717, 1.165) is 35.2 Å². The molecule has 0 aliphatic rings. The highest BCUT2D eigenvalue weighted by Gasteiger charge is 2.06. The van der Waals surface area contributed by atoms with Gasteiger partial charge >= 0.3 is 0 Å². The number of furan rings is 1.